The van der Waals surface area contributed by atoms with Crippen molar-refractivity contribution >= 4 is 10.0 Å². The molecule has 0 bridgehead atoms. The van der Waals surface area contributed by atoms with Crippen molar-refractivity contribution in [3.05, 3.63) is 84.1 Å². The van der Waals surface area contributed by atoms with E-state index in [4.69, 9.17) is 9.47 Å². The van der Waals surface area contributed by atoms with E-state index >= 15 is 0 Å². The van der Waals surface area contributed by atoms with Crippen molar-refractivity contribution in [1.29, 1.82) is 0 Å². The van der Waals surface area contributed by atoms with Crippen LogP contribution in [-0.4, -0.2) is 36.7 Å². The highest BCUT2D eigenvalue weighted by atomic mass is 32.2. The minimum absolute atomic E-state index is 0.0289. The molecule has 0 aliphatic carbocycles. The first-order valence-electron chi connectivity index (χ1n) is 10.3. The standard InChI is InChI=1S/C24H29N3O4S/c1-19(2)13-15-26-16-14-24(25-26)32(28,29)27(17-20-5-9-22(30-3)10-6-20)18-21-7-11-23(31-4)12-8-21/h5-12,14,16H,1,13,15,17-18H2,2-4H3. The summed E-state index contributed by atoms with van der Waals surface area (Å²) in [5.74, 6) is 1.43. The lowest BCUT2D eigenvalue weighted by molar-refractivity contribution is 0.395. The van der Waals surface area contributed by atoms with Crippen LogP contribution in [0, 0.1) is 0 Å². The molecular weight excluding hydrogens is 426 g/mol. The topological polar surface area (TPSA) is 73.7 Å². The average molecular weight is 456 g/mol. The first-order valence-corrected chi connectivity index (χ1v) is 11.7. The van der Waals surface area contributed by atoms with Gasteiger partial charge in [0.2, 0.25) is 0 Å². The Morgan fingerprint density at radius 2 is 1.44 bits per heavy atom. The van der Waals surface area contributed by atoms with E-state index in [2.05, 4.69) is 11.7 Å². The van der Waals surface area contributed by atoms with Gasteiger partial charge in [0, 0.05) is 25.8 Å². The normalized spacial score (nSPS) is 11.5. The molecule has 7 nitrogen and oxygen atoms in total. The summed E-state index contributed by atoms with van der Waals surface area (Å²) in [7, 11) is -0.636. The van der Waals surface area contributed by atoms with Crippen LogP contribution in [0.2, 0.25) is 0 Å². The summed E-state index contributed by atoms with van der Waals surface area (Å²) in [5, 5.41) is 4.35. The molecule has 3 rings (SSSR count). The molecule has 0 radical (unpaired) electrons. The van der Waals surface area contributed by atoms with Crippen LogP contribution in [0.25, 0.3) is 0 Å². The monoisotopic (exact) mass is 455 g/mol. The number of nitrogens with zero attached hydrogens (tertiary/aromatic N) is 3. The van der Waals surface area contributed by atoms with Crippen LogP contribution >= 0.6 is 0 Å². The van der Waals surface area contributed by atoms with Crippen LogP contribution in [0.3, 0.4) is 0 Å². The molecule has 0 saturated carbocycles. The van der Waals surface area contributed by atoms with Crippen LogP contribution in [0.4, 0.5) is 0 Å². The third-order valence-electron chi connectivity index (χ3n) is 5.02. The van der Waals surface area contributed by atoms with Gasteiger partial charge in [-0.3, -0.25) is 4.68 Å². The predicted molar refractivity (Wildman–Crippen MR) is 124 cm³/mol. The van der Waals surface area contributed by atoms with Gasteiger partial charge in [0.15, 0.2) is 5.03 Å². The van der Waals surface area contributed by atoms with E-state index in [-0.39, 0.29) is 18.1 Å². The van der Waals surface area contributed by atoms with Crippen LogP contribution in [0.5, 0.6) is 11.5 Å². The van der Waals surface area contributed by atoms with Crippen molar-refractivity contribution in [2.75, 3.05) is 14.2 Å². The summed E-state index contributed by atoms with van der Waals surface area (Å²) in [5.41, 5.74) is 2.72. The molecule has 0 spiro atoms. The maximum absolute atomic E-state index is 13.5. The number of hydrogen-bond acceptors (Lipinski definition) is 5. The smallest absolute Gasteiger partial charge is 0.262 e. The largest absolute Gasteiger partial charge is 0.497 e. The molecule has 2 aromatic carbocycles. The molecule has 0 unspecified atom stereocenters. The lowest BCUT2D eigenvalue weighted by Crippen LogP contribution is -2.30. The third kappa shape index (κ3) is 5.99. The lowest BCUT2D eigenvalue weighted by Gasteiger charge is -2.21. The summed E-state index contributed by atoms with van der Waals surface area (Å²) < 4.78 is 40.5. The van der Waals surface area contributed by atoms with E-state index < -0.39 is 10.0 Å². The zero-order valence-corrected chi connectivity index (χ0v) is 19.5. The fourth-order valence-corrected chi connectivity index (χ4v) is 4.48. The van der Waals surface area contributed by atoms with Gasteiger partial charge in [-0.05, 0) is 54.8 Å². The van der Waals surface area contributed by atoms with E-state index in [1.54, 1.807) is 31.2 Å². The number of methoxy groups -OCH3 is 2. The number of sulfonamides is 1. The van der Waals surface area contributed by atoms with Crippen LogP contribution in [0.15, 0.2) is 78.0 Å². The number of ether oxygens (including phenoxy) is 2. The van der Waals surface area contributed by atoms with Gasteiger partial charge < -0.3 is 9.47 Å². The summed E-state index contributed by atoms with van der Waals surface area (Å²) in [6.45, 7) is 6.82. The number of aryl methyl sites for hydroxylation is 1. The molecule has 3 aromatic rings. The molecule has 32 heavy (non-hydrogen) atoms. The average Bonchev–Trinajstić information content (AvgIpc) is 3.28. The zero-order chi connectivity index (χ0) is 23.1. The molecule has 0 N–H and O–H groups in total. The fraction of sp³-hybridized carbons (Fsp3) is 0.292. The molecule has 0 aliphatic heterocycles. The van der Waals surface area contributed by atoms with E-state index in [9.17, 15) is 8.42 Å². The zero-order valence-electron chi connectivity index (χ0n) is 18.7. The van der Waals surface area contributed by atoms with Crippen LogP contribution < -0.4 is 9.47 Å². The second kappa shape index (κ2) is 10.5. The van der Waals surface area contributed by atoms with Gasteiger partial charge in [0.1, 0.15) is 11.5 Å². The molecule has 170 valence electrons. The van der Waals surface area contributed by atoms with Gasteiger partial charge in [-0.25, -0.2) is 8.42 Å². The van der Waals surface area contributed by atoms with Crippen molar-refractivity contribution < 1.29 is 17.9 Å². The van der Waals surface area contributed by atoms with Crippen molar-refractivity contribution in [3.63, 3.8) is 0 Å². The number of hydrogen-bond donors (Lipinski definition) is 0. The second-order valence-electron chi connectivity index (χ2n) is 7.59. The molecule has 0 aliphatic rings. The van der Waals surface area contributed by atoms with Crippen LogP contribution in [0.1, 0.15) is 24.5 Å². The Morgan fingerprint density at radius 1 is 0.938 bits per heavy atom. The van der Waals surface area contributed by atoms with Gasteiger partial charge in [0.05, 0.1) is 14.2 Å². The van der Waals surface area contributed by atoms with E-state index in [1.165, 1.54) is 4.31 Å². The number of rotatable bonds is 11. The quantitative estimate of drug-likeness (QED) is 0.404. The van der Waals surface area contributed by atoms with Gasteiger partial charge in [-0.15, -0.1) is 6.58 Å². The maximum Gasteiger partial charge on any atom is 0.262 e. The Morgan fingerprint density at radius 3 is 1.88 bits per heavy atom. The maximum atomic E-state index is 13.5. The first kappa shape index (κ1) is 23.6. The Labute approximate surface area is 189 Å². The predicted octanol–water partition coefficient (Wildman–Crippen LogP) is 4.26. The van der Waals surface area contributed by atoms with Gasteiger partial charge in [-0.1, -0.05) is 29.8 Å². The molecule has 8 heteroatoms. The molecule has 1 aromatic heterocycles. The number of allylic oxidation sites excluding steroid dienone is 1. The van der Waals surface area contributed by atoms with Gasteiger partial charge >= 0.3 is 0 Å². The summed E-state index contributed by atoms with van der Waals surface area (Å²) in [6.07, 6.45) is 2.43. The lowest BCUT2D eigenvalue weighted by atomic mass is 10.2. The van der Waals surface area contributed by atoms with Crippen molar-refractivity contribution in [3.8, 4) is 11.5 Å². The highest BCUT2D eigenvalue weighted by Crippen LogP contribution is 2.22. The molecule has 0 fully saturated rings. The number of aromatic nitrogens is 2. The van der Waals surface area contributed by atoms with Crippen molar-refractivity contribution in [2.45, 2.75) is 38.0 Å². The second-order valence-corrected chi connectivity index (χ2v) is 9.48. The Bertz CT molecular complexity index is 1090. The van der Waals surface area contributed by atoms with E-state index in [0.29, 0.717) is 6.54 Å². The fourth-order valence-electron chi connectivity index (χ4n) is 3.14. The summed E-state index contributed by atoms with van der Waals surface area (Å²) in [6, 6.07) is 16.3. The Kier molecular flexibility index (Phi) is 7.71. The SMILES string of the molecule is C=C(C)CCn1ccc(S(=O)(=O)N(Cc2ccc(OC)cc2)Cc2ccc(OC)cc2)n1. The highest BCUT2D eigenvalue weighted by molar-refractivity contribution is 7.89. The first-order chi connectivity index (χ1) is 15.3. The van der Waals surface area contributed by atoms with E-state index in [0.717, 1.165) is 34.6 Å². The summed E-state index contributed by atoms with van der Waals surface area (Å²) in [4.78, 5) is 0. The van der Waals surface area contributed by atoms with E-state index in [1.807, 2.05) is 55.5 Å². The minimum atomic E-state index is -3.83. The third-order valence-corrected chi connectivity index (χ3v) is 6.71. The molecular formula is C24H29N3O4S. The molecule has 0 amide bonds. The van der Waals surface area contributed by atoms with Crippen LogP contribution in [-0.2, 0) is 29.7 Å². The van der Waals surface area contributed by atoms with Crippen molar-refractivity contribution in [2.24, 2.45) is 0 Å². The van der Waals surface area contributed by atoms with Gasteiger partial charge in [-0.2, -0.15) is 9.40 Å². The molecule has 0 atom stereocenters. The molecule has 0 saturated heterocycles. The van der Waals surface area contributed by atoms with Crippen molar-refractivity contribution in [1.82, 2.24) is 14.1 Å². The number of benzene rings is 2. The Balaban J connectivity index is 1.89. The Hall–Kier alpha value is -3.10. The molecule has 1 heterocycles. The van der Waals surface area contributed by atoms with Gasteiger partial charge in [0.25, 0.3) is 10.0 Å². The summed E-state index contributed by atoms with van der Waals surface area (Å²) >= 11 is 0. The highest BCUT2D eigenvalue weighted by Gasteiger charge is 2.27. The minimum Gasteiger partial charge on any atom is -0.497 e.